The summed E-state index contributed by atoms with van der Waals surface area (Å²) in [5.74, 6) is -2.05. The molecule has 5 nitrogen and oxygen atoms in total. The maximum atomic E-state index is 11.1. The predicted octanol–water partition coefficient (Wildman–Crippen LogP) is 3.25. The summed E-state index contributed by atoms with van der Waals surface area (Å²) in [6.07, 6.45) is 5.40. The van der Waals surface area contributed by atoms with Crippen LogP contribution < -0.4 is 0 Å². The molecule has 0 heterocycles. The molecule has 0 aromatic rings. The predicted molar refractivity (Wildman–Crippen MR) is 66.1 cm³/mol. The molecule has 0 aromatic carbocycles. The van der Waals surface area contributed by atoms with Crippen molar-refractivity contribution < 1.29 is 24.2 Å². The van der Waals surface area contributed by atoms with Gasteiger partial charge < -0.3 is 14.6 Å². The number of carboxylic acid groups (broad SMARTS) is 1. The first-order valence-electron chi connectivity index (χ1n) is 6.09. The fourth-order valence-corrected chi connectivity index (χ4v) is 1.31. The van der Waals surface area contributed by atoms with Crippen molar-refractivity contribution in [3.63, 3.8) is 0 Å². The maximum Gasteiger partial charge on any atom is 0.514 e. The van der Waals surface area contributed by atoms with Gasteiger partial charge in [0.1, 0.15) is 0 Å². The van der Waals surface area contributed by atoms with E-state index in [4.69, 9.17) is 9.84 Å². The molecule has 0 unspecified atom stereocenters. The van der Waals surface area contributed by atoms with E-state index >= 15 is 0 Å². The second kappa shape index (κ2) is 10.4. The lowest BCUT2D eigenvalue weighted by atomic mass is 10.1. The summed E-state index contributed by atoms with van der Waals surface area (Å²) in [4.78, 5) is 21.5. The van der Waals surface area contributed by atoms with Gasteiger partial charge >= 0.3 is 12.1 Å². The minimum absolute atomic E-state index is 0.231. The Hall–Kier alpha value is -1.74. The third-order valence-electron chi connectivity index (χ3n) is 2.26. The number of hydrogen-bond donors (Lipinski definition) is 1. The lowest BCUT2D eigenvalue weighted by Gasteiger charge is -2.04. The third-order valence-corrected chi connectivity index (χ3v) is 2.26. The highest BCUT2D eigenvalue weighted by molar-refractivity contribution is 5.86. The molecule has 0 aliphatic rings. The monoisotopic (exact) mass is 256 g/mol. The smallest absolute Gasteiger partial charge is 0.475 e. The molecule has 0 aromatic heterocycles. The molecule has 0 rings (SSSR count). The van der Waals surface area contributed by atoms with Crippen LogP contribution in [0.5, 0.6) is 0 Å². The van der Waals surface area contributed by atoms with Crippen molar-refractivity contribution in [2.75, 3.05) is 6.61 Å². The van der Waals surface area contributed by atoms with Gasteiger partial charge in [0.25, 0.3) is 5.76 Å². The normalized spacial score (nSPS) is 9.39. The van der Waals surface area contributed by atoms with Crippen LogP contribution in [-0.4, -0.2) is 23.8 Å². The van der Waals surface area contributed by atoms with E-state index in [0.717, 1.165) is 19.3 Å². The van der Waals surface area contributed by atoms with E-state index in [1.54, 1.807) is 0 Å². The van der Waals surface area contributed by atoms with Gasteiger partial charge in [0.2, 0.25) is 0 Å². The first-order valence-corrected chi connectivity index (χ1v) is 6.09. The Bertz CT molecular complexity index is 315. The number of carbonyl (C=O) groups excluding carboxylic acids is 1. The second-order valence-corrected chi connectivity index (χ2v) is 3.78. The zero-order chi connectivity index (χ0) is 13.8. The average Bonchev–Trinajstić information content (AvgIpc) is 2.34. The summed E-state index contributed by atoms with van der Waals surface area (Å²) in [5, 5.41) is 8.54. The molecule has 1 N–H and O–H groups in total. The van der Waals surface area contributed by atoms with Crippen molar-refractivity contribution in [2.45, 2.75) is 45.4 Å². The van der Waals surface area contributed by atoms with Crippen LogP contribution in [0.25, 0.3) is 0 Å². The molecule has 0 aliphatic carbocycles. The van der Waals surface area contributed by atoms with Gasteiger partial charge in [-0.15, -0.1) is 0 Å². The minimum atomic E-state index is -1.40. The van der Waals surface area contributed by atoms with Gasteiger partial charge in [-0.2, -0.15) is 0 Å². The van der Waals surface area contributed by atoms with Crippen LogP contribution >= 0.6 is 0 Å². The Balaban J connectivity index is 3.60. The Morgan fingerprint density at radius 1 is 1.17 bits per heavy atom. The SMILES string of the molecule is C=C=C(OC(=O)OCCCCCCCC)C(=O)O. The van der Waals surface area contributed by atoms with Crippen molar-refractivity contribution >= 4 is 12.1 Å². The van der Waals surface area contributed by atoms with E-state index in [9.17, 15) is 9.59 Å². The third kappa shape index (κ3) is 8.42. The van der Waals surface area contributed by atoms with E-state index in [2.05, 4.69) is 18.2 Å². The quantitative estimate of drug-likeness (QED) is 0.225. The lowest BCUT2D eigenvalue weighted by molar-refractivity contribution is -0.136. The van der Waals surface area contributed by atoms with Crippen molar-refractivity contribution in [3.05, 3.63) is 18.1 Å². The minimum Gasteiger partial charge on any atom is -0.475 e. The van der Waals surface area contributed by atoms with E-state index in [0.29, 0.717) is 0 Å². The zero-order valence-electron chi connectivity index (χ0n) is 10.7. The van der Waals surface area contributed by atoms with E-state index in [-0.39, 0.29) is 6.61 Å². The number of carboxylic acids is 1. The molecule has 18 heavy (non-hydrogen) atoms. The van der Waals surface area contributed by atoms with Crippen molar-refractivity contribution in [3.8, 4) is 0 Å². The van der Waals surface area contributed by atoms with Crippen molar-refractivity contribution in [1.29, 1.82) is 0 Å². The molecular formula is C13H20O5. The highest BCUT2D eigenvalue weighted by Gasteiger charge is 2.14. The molecule has 5 heteroatoms. The number of rotatable bonds is 9. The van der Waals surface area contributed by atoms with Gasteiger partial charge in [-0.1, -0.05) is 51.3 Å². The summed E-state index contributed by atoms with van der Waals surface area (Å²) in [7, 11) is 0. The first kappa shape index (κ1) is 16.3. The number of ether oxygens (including phenoxy) is 2. The summed E-state index contributed by atoms with van der Waals surface area (Å²) in [6, 6.07) is 0. The topological polar surface area (TPSA) is 72.8 Å². The molecule has 0 radical (unpaired) electrons. The zero-order valence-corrected chi connectivity index (χ0v) is 10.7. The molecule has 0 atom stereocenters. The standard InChI is InChI=1S/C13H20O5/c1-3-5-6-7-8-9-10-17-13(16)18-11(4-2)12(14)15/h2-3,5-10H2,1H3,(H,14,15). The summed E-state index contributed by atoms with van der Waals surface area (Å²) in [5.41, 5.74) is 2.00. The second-order valence-electron chi connectivity index (χ2n) is 3.78. The molecule has 0 bridgehead atoms. The van der Waals surface area contributed by atoms with Crippen LogP contribution in [0, 0.1) is 0 Å². The first-order chi connectivity index (χ1) is 8.61. The molecule has 102 valence electrons. The summed E-state index contributed by atoms with van der Waals surface area (Å²) >= 11 is 0. The van der Waals surface area contributed by atoms with Gasteiger partial charge in [0, 0.05) is 0 Å². The summed E-state index contributed by atoms with van der Waals surface area (Å²) < 4.78 is 9.11. The molecule has 0 saturated heterocycles. The van der Waals surface area contributed by atoms with E-state index in [1.165, 1.54) is 19.3 Å². The molecule has 0 saturated carbocycles. The largest absolute Gasteiger partial charge is 0.514 e. The Morgan fingerprint density at radius 3 is 2.33 bits per heavy atom. The molecule has 0 aliphatic heterocycles. The fourth-order valence-electron chi connectivity index (χ4n) is 1.31. The van der Waals surface area contributed by atoms with E-state index in [1.807, 2.05) is 5.73 Å². The molecule has 0 spiro atoms. The van der Waals surface area contributed by atoms with Crippen molar-refractivity contribution in [1.82, 2.24) is 0 Å². The van der Waals surface area contributed by atoms with Gasteiger partial charge in [-0.05, 0) is 6.42 Å². The molecular weight excluding hydrogens is 236 g/mol. The van der Waals surface area contributed by atoms with E-state index < -0.39 is 17.9 Å². The summed E-state index contributed by atoms with van der Waals surface area (Å²) in [6.45, 7) is 5.47. The van der Waals surface area contributed by atoms with Gasteiger partial charge in [0.15, 0.2) is 0 Å². The van der Waals surface area contributed by atoms with Crippen LogP contribution in [0.1, 0.15) is 45.4 Å². The van der Waals surface area contributed by atoms with Crippen LogP contribution in [0.4, 0.5) is 4.79 Å². The maximum absolute atomic E-state index is 11.1. The fraction of sp³-hybridized carbons (Fsp3) is 0.615. The van der Waals surface area contributed by atoms with Crippen LogP contribution in [0.15, 0.2) is 18.1 Å². The molecule has 0 amide bonds. The molecule has 0 fully saturated rings. The Labute approximate surface area is 107 Å². The Morgan fingerprint density at radius 2 is 1.78 bits per heavy atom. The van der Waals surface area contributed by atoms with Gasteiger partial charge in [-0.25, -0.2) is 9.59 Å². The highest BCUT2D eigenvalue weighted by atomic mass is 16.7. The Kier molecular flexibility index (Phi) is 9.41. The highest BCUT2D eigenvalue weighted by Crippen LogP contribution is 2.05. The number of hydrogen-bond acceptors (Lipinski definition) is 4. The number of carbonyl (C=O) groups is 2. The lowest BCUT2D eigenvalue weighted by Crippen LogP contribution is -2.12. The van der Waals surface area contributed by atoms with Crippen LogP contribution in [-0.2, 0) is 14.3 Å². The van der Waals surface area contributed by atoms with Gasteiger partial charge in [0.05, 0.1) is 6.61 Å². The van der Waals surface area contributed by atoms with Crippen molar-refractivity contribution in [2.24, 2.45) is 0 Å². The van der Waals surface area contributed by atoms with Crippen LogP contribution in [0.2, 0.25) is 0 Å². The van der Waals surface area contributed by atoms with Gasteiger partial charge in [-0.3, -0.25) is 0 Å². The van der Waals surface area contributed by atoms with Crippen LogP contribution in [0.3, 0.4) is 0 Å². The average molecular weight is 256 g/mol. The number of aliphatic carboxylic acids is 1. The number of unbranched alkanes of at least 4 members (excludes halogenated alkanes) is 5.